The van der Waals surface area contributed by atoms with Crippen molar-refractivity contribution < 1.29 is 178 Å². The average Bonchev–Trinajstić information content (AvgIpc) is 0.827. The van der Waals surface area contributed by atoms with E-state index in [1.165, 1.54) is 51.9 Å². The molecule has 20 atom stereocenters. The molecule has 47 heteroatoms. The van der Waals surface area contributed by atoms with Crippen molar-refractivity contribution in [3.05, 3.63) is 35.9 Å². The topological polar surface area (TPSA) is 302 Å². The molecule has 0 aromatic heterocycles. The third kappa shape index (κ3) is 65.3. The molecule has 0 spiro atoms. The van der Waals surface area contributed by atoms with Crippen LogP contribution in [0.2, 0.25) is 0 Å². The van der Waals surface area contributed by atoms with Gasteiger partial charge in [0.2, 0.25) is 6.29 Å². The van der Waals surface area contributed by atoms with Gasteiger partial charge in [-0.3, -0.25) is 30.4 Å². The predicted octanol–water partition coefficient (Wildman–Crippen LogP) is -9.05. The maximum Gasteiger partial charge on any atom is 1.00 e. The normalized spacial score (nSPS) is 27.5. The van der Waals surface area contributed by atoms with Crippen molar-refractivity contribution >= 4 is 218 Å². The molecule has 4 fully saturated rings. The first-order valence-corrected chi connectivity index (χ1v) is 45.8. The van der Waals surface area contributed by atoms with E-state index in [0.29, 0.717) is 51.9 Å². The summed E-state index contributed by atoms with van der Waals surface area (Å²) in [5.41, 5.74) is 0.736. The summed E-state index contributed by atoms with van der Waals surface area (Å²) in [6.45, 7) is 28.9. The molecule has 1 aromatic carbocycles. The summed E-state index contributed by atoms with van der Waals surface area (Å²) in [5, 5.41) is 52.5. The second-order valence-corrected chi connectivity index (χ2v) is 47.3. The Morgan fingerprint density at radius 2 is 0.845 bits per heavy atom. The van der Waals surface area contributed by atoms with E-state index >= 15 is 0 Å². The summed E-state index contributed by atoms with van der Waals surface area (Å²) in [7, 11) is 55.4. The molecule has 1 aromatic rings. The fourth-order valence-corrected chi connectivity index (χ4v) is 11.9. The van der Waals surface area contributed by atoms with E-state index < -0.39 is 88.1 Å². The van der Waals surface area contributed by atoms with Crippen molar-refractivity contribution in [3.63, 3.8) is 0 Å². The number of aliphatic hydroxyl groups excluding tert-OH is 5. The van der Waals surface area contributed by atoms with Crippen LogP contribution in [0.4, 0.5) is 0 Å². The van der Waals surface area contributed by atoms with Gasteiger partial charge >= 0.3 is 139 Å². The largest absolute Gasteiger partial charge is 1.00 e. The molecule has 4 aliphatic heterocycles. The Kier molecular flexibility index (Phi) is 84.6. The van der Waals surface area contributed by atoms with Gasteiger partial charge in [0.25, 0.3) is 0 Å². The molecule has 0 bridgehead atoms. The number of aliphatic hydroxyl groups is 5. The van der Waals surface area contributed by atoms with Crippen LogP contribution in [0.5, 0.6) is 0 Å². The zero-order valence-corrected chi connectivity index (χ0v) is 71.8. The molecular formula is C56H116B16Cl4Na2O21S3Zr-6. The van der Waals surface area contributed by atoms with Gasteiger partial charge in [-0.15, -0.1) is 80.4 Å². The quantitative estimate of drug-likeness (QED) is 0.0518. The van der Waals surface area contributed by atoms with Crippen molar-refractivity contribution in [3.8, 4) is 0 Å². The standard InChI is InChI=1S/C18H28O2S.C14H22O7.C14H24O5S.C8H16O5S.CH4O.CH3O.B4H9.B4H6.B4H3.B4.4ClH.2Na.Zr.H/c1-5-21-18-15(4)13(2)14(3)17(20-18)12-19-11-16-9-7-6-8-10-16;1-7-8(2)13(19-10(4)16)14(20-11(5)17)21-12(7)6-18-9(3)15;1-6-20-14-13(18-11(5)16)9(3)8(2)12(19-14)7-17-10(4)15;1-2-14-8-7(12)6(11)5(10)4(3-9)13-8;2*1-2;4*1-4(2)3;;;;;;;;/h6-10,13-15,17-18H,5,11-12H2,1-4H3;7-8,12-14H,6H2,1-5H3;8-9,12-14H,6-7H2,1-5H3;4-12H,2-3H2,1H3;2H,1H3;1H3;1-3H3;1-2H3;1H3;;4*1H;;;;/q;;;;;-1;-3;-2;-1;;;;;;2*+1;+4;-1/p-4. The second kappa shape index (κ2) is 72.0. The molecule has 5 rings (SSSR count). The molecular weight excluding hydrogens is 1560 g/mol. The summed E-state index contributed by atoms with van der Waals surface area (Å²) >= 11 is 1.57. The van der Waals surface area contributed by atoms with E-state index in [9.17, 15) is 39.3 Å². The van der Waals surface area contributed by atoms with Crippen LogP contribution in [0, 0.1) is 41.4 Å². The number of carbonyl (C=O) groups is 5. The van der Waals surface area contributed by atoms with Crippen LogP contribution in [0.15, 0.2) is 30.3 Å². The Hall–Kier alpha value is 2.26. The smallest absolute Gasteiger partial charge is 1.00 e. The molecule has 4 saturated heterocycles. The molecule has 4 heterocycles. The number of ether oxygens (including phenoxy) is 10. The minimum absolute atomic E-state index is 0. The Morgan fingerprint density at radius 1 is 0.524 bits per heavy atom. The van der Waals surface area contributed by atoms with Gasteiger partial charge in [0, 0.05) is 83.2 Å². The Balaban J connectivity index is -0.000000148. The van der Waals surface area contributed by atoms with Crippen molar-refractivity contribution in [2.45, 2.75) is 188 Å². The van der Waals surface area contributed by atoms with E-state index in [1.807, 2.05) is 59.4 Å². The number of hydrogen-bond acceptors (Lipinski definition) is 24. The van der Waals surface area contributed by atoms with Crippen LogP contribution in [-0.4, -0.2) is 309 Å². The van der Waals surface area contributed by atoms with Gasteiger partial charge < -0.3 is 85.8 Å². The zero-order chi connectivity index (χ0) is 80.2. The summed E-state index contributed by atoms with van der Waals surface area (Å²) in [6.07, 6.45) is -4.92. The van der Waals surface area contributed by atoms with Gasteiger partial charge in [0.15, 0.2) is 6.10 Å². The maximum atomic E-state index is 11.3. The van der Waals surface area contributed by atoms with E-state index in [1.54, 1.807) is 18.1 Å². The van der Waals surface area contributed by atoms with E-state index in [2.05, 4.69) is 75.2 Å². The van der Waals surface area contributed by atoms with Crippen molar-refractivity contribution in [1.82, 2.24) is 0 Å². The number of halogens is 4. The maximum absolute atomic E-state index is 11.3. The van der Waals surface area contributed by atoms with Gasteiger partial charge in [0.05, 0.1) is 38.1 Å². The molecule has 0 amide bonds. The fraction of sp³-hybridized carbons (Fsp3) is 0.804. The van der Waals surface area contributed by atoms with Crippen LogP contribution >= 0.6 is 69.3 Å². The van der Waals surface area contributed by atoms with Crippen LogP contribution in [0.1, 0.15) is 111 Å². The molecule has 12 radical (unpaired) electrons. The zero-order valence-electron chi connectivity index (χ0n) is 60.9. The number of hydrogen-bond donors (Lipinski definition) is 5. The van der Waals surface area contributed by atoms with Crippen molar-refractivity contribution in [2.75, 3.05) is 57.9 Å². The molecule has 20 unspecified atom stereocenters. The SMILES string of the molecule is CC(=O)OCC1OC(OC(C)=O)C(OC(C)=O)C(C)C1C.CCSC1OC(CO)C(O)C(O)C1O.CCSC1OC(COC(C)=O)C(C)C(C)C1OC(C)=O.CCSC1OC(COCc2ccccc2)C(C)C(C)C1C.CO.C[O-].[BH3-]B([BH3-])[BH3-].[B]B([BH3-])[BH3-].[B]B([B])[BH3-].[B]B([B])[B].[Cl][Zr]([Cl])([Cl])[Cl].[H-].[Na+].[Na+]. The number of esters is 5. The van der Waals surface area contributed by atoms with Crippen molar-refractivity contribution in [2.24, 2.45) is 41.4 Å². The summed E-state index contributed by atoms with van der Waals surface area (Å²) < 4.78 is 54.8. The molecule has 21 nitrogen and oxygen atoms in total. The summed E-state index contributed by atoms with van der Waals surface area (Å²) in [5.74, 6) is 2.63. The van der Waals surface area contributed by atoms with Crippen LogP contribution < -0.4 is 64.2 Å². The van der Waals surface area contributed by atoms with Crippen LogP contribution in [0.3, 0.4) is 0 Å². The van der Waals surface area contributed by atoms with Gasteiger partial charge in [-0.1, -0.05) is 115 Å². The first kappa shape index (κ1) is 121. The van der Waals surface area contributed by atoms with Crippen LogP contribution in [0.25, 0.3) is 0 Å². The van der Waals surface area contributed by atoms with Gasteiger partial charge in [-0.2, -0.15) is 7.11 Å². The summed E-state index contributed by atoms with van der Waals surface area (Å²) in [6, 6.07) is 10.3. The van der Waals surface area contributed by atoms with Gasteiger partial charge in [0.1, 0.15) is 60.0 Å². The van der Waals surface area contributed by atoms with E-state index in [0.717, 1.165) is 61.1 Å². The molecule has 4 aliphatic rings. The third-order valence-corrected chi connectivity index (χ3v) is 17.3. The molecule has 5 N–H and O–H groups in total. The van der Waals surface area contributed by atoms with Gasteiger partial charge in [-0.05, 0) is 67.9 Å². The number of carbonyl (C=O) groups excluding carboxylic acids is 5. The summed E-state index contributed by atoms with van der Waals surface area (Å²) in [4.78, 5) is 55.5. The van der Waals surface area contributed by atoms with Crippen molar-refractivity contribution in [1.29, 1.82) is 0 Å². The molecule has 572 valence electrons. The Labute approximate surface area is 711 Å². The molecule has 103 heavy (non-hydrogen) atoms. The number of benzene rings is 1. The monoisotopic (exact) mass is 1670 g/mol. The number of thioether (sulfide) groups is 3. The average molecular weight is 1670 g/mol. The van der Waals surface area contributed by atoms with Gasteiger partial charge in [-0.25, -0.2) is 0 Å². The molecule has 0 saturated carbocycles. The first-order valence-electron chi connectivity index (χ1n) is 30.0. The predicted molar refractivity (Wildman–Crippen MR) is 446 cm³/mol. The first-order chi connectivity index (χ1) is 46.8. The number of rotatable bonds is 18. The minimum atomic E-state index is -3.29. The fourth-order valence-electron chi connectivity index (χ4n) is 8.83. The van der Waals surface area contributed by atoms with E-state index in [-0.39, 0.29) is 154 Å². The second-order valence-electron chi connectivity index (χ2n) is 20.8. The minimum Gasteiger partial charge on any atom is -1.00 e. The van der Waals surface area contributed by atoms with Crippen LogP contribution in [-0.2, 0) is 93.4 Å². The van der Waals surface area contributed by atoms with E-state index in [4.69, 9.17) is 120 Å². The Morgan fingerprint density at radius 3 is 1.21 bits per heavy atom. The third-order valence-electron chi connectivity index (χ3n) is 14.0. The Bertz CT molecular complexity index is 2220. The molecule has 0 aliphatic carbocycles.